The lowest BCUT2D eigenvalue weighted by Gasteiger charge is -2.06. The van der Waals surface area contributed by atoms with E-state index in [9.17, 15) is 0 Å². The van der Waals surface area contributed by atoms with Crippen molar-refractivity contribution in [3.05, 3.63) is 58.8 Å². The second-order valence-corrected chi connectivity index (χ2v) is 7.30. The highest BCUT2D eigenvalue weighted by Gasteiger charge is 2.13. The molecule has 0 bridgehead atoms. The average Bonchev–Trinajstić information content (AvgIpc) is 3.33. The minimum absolute atomic E-state index is 0.697. The highest BCUT2D eigenvalue weighted by Crippen LogP contribution is 2.29. The summed E-state index contributed by atoms with van der Waals surface area (Å²) in [5, 5.41) is 15.8. The smallest absolute Gasteiger partial charge is 0.214 e. The van der Waals surface area contributed by atoms with E-state index in [1.54, 1.807) is 27.8 Å². The molecule has 0 radical (unpaired) electrons. The summed E-state index contributed by atoms with van der Waals surface area (Å²) in [5.41, 5.74) is 3.10. The van der Waals surface area contributed by atoms with Crippen LogP contribution in [-0.2, 0) is 5.75 Å². The fraction of sp³-hybridized carbons (Fsp3) is 0.176. The van der Waals surface area contributed by atoms with Gasteiger partial charge >= 0.3 is 0 Å². The van der Waals surface area contributed by atoms with E-state index >= 15 is 0 Å². The molecule has 0 N–H and O–H groups in total. The number of furan rings is 1. The molecule has 3 aromatic heterocycles. The Morgan fingerprint density at radius 3 is 2.84 bits per heavy atom. The van der Waals surface area contributed by atoms with Crippen molar-refractivity contribution in [3.63, 3.8) is 0 Å². The van der Waals surface area contributed by atoms with Gasteiger partial charge in [-0.05, 0) is 48.0 Å². The van der Waals surface area contributed by atoms with Gasteiger partial charge in [0.2, 0.25) is 5.16 Å². The van der Waals surface area contributed by atoms with E-state index < -0.39 is 0 Å². The second kappa shape index (κ2) is 6.81. The fourth-order valence-corrected chi connectivity index (χ4v) is 4.06. The van der Waals surface area contributed by atoms with E-state index in [4.69, 9.17) is 4.42 Å². The third-order valence-electron chi connectivity index (χ3n) is 3.64. The van der Waals surface area contributed by atoms with E-state index in [1.165, 1.54) is 0 Å². The Morgan fingerprint density at radius 1 is 1.16 bits per heavy atom. The van der Waals surface area contributed by atoms with Crippen LogP contribution in [0.1, 0.15) is 17.0 Å². The number of hydrogen-bond donors (Lipinski definition) is 0. The van der Waals surface area contributed by atoms with Gasteiger partial charge in [-0.2, -0.15) is 4.68 Å². The first kappa shape index (κ1) is 16.0. The van der Waals surface area contributed by atoms with Gasteiger partial charge in [-0.25, -0.2) is 4.98 Å². The molecule has 0 aliphatic rings. The zero-order chi connectivity index (χ0) is 17.2. The molecular weight excluding hydrogens is 354 g/mol. The lowest BCUT2D eigenvalue weighted by Crippen LogP contribution is -2.01. The summed E-state index contributed by atoms with van der Waals surface area (Å²) in [6, 6.07) is 11.9. The van der Waals surface area contributed by atoms with Gasteiger partial charge < -0.3 is 4.42 Å². The highest BCUT2D eigenvalue weighted by atomic mass is 32.2. The third kappa shape index (κ3) is 3.35. The molecule has 0 saturated carbocycles. The summed E-state index contributed by atoms with van der Waals surface area (Å²) in [4.78, 5) is 4.64. The van der Waals surface area contributed by atoms with Crippen molar-refractivity contribution in [2.75, 3.05) is 0 Å². The van der Waals surface area contributed by atoms with Crippen molar-refractivity contribution >= 4 is 23.1 Å². The van der Waals surface area contributed by atoms with Gasteiger partial charge in [0.1, 0.15) is 5.76 Å². The van der Waals surface area contributed by atoms with Crippen LogP contribution in [0.4, 0.5) is 0 Å². The summed E-state index contributed by atoms with van der Waals surface area (Å²) in [5.74, 6) is 2.39. The van der Waals surface area contributed by atoms with Crippen LogP contribution >= 0.6 is 23.1 Å². The van der Waals surface area contributed by atoms with Gasteiger partial charge in [0.15, 0.2) is 10.8 Å². The molecule has 0 amide bonds. The molecule has 6 nitrogen and oxygen atoms in total. The highest BCUT2D eigenvalue weighted by molar-refractivity contribution is 7.98. The van der Waals surface area contributed by atoms with E-state index in [2.05, 4.69) is 20.5 Å². The second-order valence-electron chi connectivity index (χ2n) is 5.50. The largest absolute Gasteiger partial charge is 0.459 e. The Balaban J connectivity index is 1.51. The molecular formula is C17H15N5OS2. The van der Waals surface area contributed by atoms with E-state index in [1.807, 2.05) is 55.6 Å². The first-order chi connectivity index (χ1) is 12.2. The lowest BCUT2D eigenvalue weighted by molar-refractivity contribution is 0.548. The summed E-state index contributed by atoms with van der Waals surface area (Å²) < 4.78 is 7.40. The first-order valence-corrected chi connectivity index (χ1v) is 9.55. The molecule has 1 aromatic carbocycles. The lowest BCUT2D eigenvalue weighted by atomic mass is 10.2. The first-order valence-electron chi connectivity index (χ1n) is 7.69. The number of rotatable bonds is 5. The molecule has 4 aromatic rings. The van der Waals surface area contributed by atoms with Gasteiger partial charge in [0.25, 0.3) is 0 Å². The summed E-state index contributed by atoms with van der Waals surface area (Å²) in [6.45, 7) is 3.97. The van der Waals surface area contributed by atoms with Crippen LogP contribution < -0.4 is 0 Å². The van der Waals surface area contributed by atoms with Gasteiger partial charge in [-0.3, -0.25) is 0 Å². The number of tetrazole rings is 1. The van der Waals surface area contributed by atoms with Crippen molar-refractivity contribution in [3.8, 4) is 16.5 Å². The molecule has 25 heavy (non-hydrogen) atoms. The van der Waals surface area contributed by atoms with Crippen LogP contribution in [0.3, 0.4) is 0 Å². The van der Waals surface area contributed by atoms with E-state index in [0.29, 0.717) is 5.75 Å². The van der Waals surface area contributed by atoms with Gasteiger partial charge in [0, 0.05) is 11.1 Å². The summed E-state index contributed by atoms with van der Waals surface area (Å²) in [7, 11) is 0. The Labute approximate surface area is 152 Å². The molecule has 0 saturated heterocycles. The molecule has 0 spiro atoms. The molecule has 0 unspecified atom stereocenters. The minimum atomic E-state index is 0.697. The molecule has 3 heterocycles. The fourth-order valence-electron chi connectivity index (χ4n) is 2.40. The van der Waals surface area contributed by atoms with Crippen LogP contribution in [0, 0.1) is 13.8 Å². The molecule has 0 aliphatic carbocycles. The van der Waals surface area contributed by atoms with Gasteiger partial charge in [-0.15, -0.1) is 16.4 Å². The number of aryl methyl sites for hydroxylation is 2. The van der Waals surface area contributed by atoms with E-state index in [0.717, 1.165) is 38.6 Å². The topological polar surface area (TPSA) is 69.6 Å². The summed E-state index contributed by atoms with van der Waals surface area (Å²) in [6.07, 6.45) is 0. The van der Waals surface area contributed by atoms with Crippen molar-refractivity contribution in [2.45, 2.75) is 24.8 Å². The number of aromatic nitrogens is 5. The van der Waals surface area contributed by atoms with Crippen molar-refractivity contribution in [2.24, 2.45) is 0 Å². The van der Waals surface area contributed by atoms with Crippen molar-refractivity contribution in [1.29, 1.82) is 0 Å². The zero-order valence-corrected chi connectivity index (χ0v) is 15.3. The maximum atomic E-state index is 5.63. The van der Waals surface area contributed by atoms with Crippen LogP contribution in [0.2, 0.25) is 0 Å². The third-order valence-corrected chi connectivity index (χ3v) is 5.50. The number of thioether (sulfide) groups is 1. The number of nitrogens with zero attached hydrogens (tertiary/aromatic N) is 5. The summed E-state index contributed by atoms with van der Waals surface area (Å²) >= 11 is 3.14. The number of hydrogen-bond acceptors (Lipinski definition) is 7. The molecule has 8 heteroatoms. The average molecular weight is 369 g/mol. The zero-order valence-electron chi connectivity index (χ0n) is 13.7. The Kier molecular flexibility index (Phi) is 4.37. The molecule has 0 atom stereocenters. The quantitative estimate of drug-likeness (QED) is 0.489. The number of benzene rings is 1. The standard InChI is InChI=1S/C17H15N5OS2/c1-11-5-3-4-6-14(11)22-17(19-20-21-22)25-10-13-9-24-16(18-13)15-8-7-12(2)23-15/h3-9H,10H2,1-2H3. The monoisotopic (exact) mass is 369 g/mol. The number of para-hydroxylation sites is 1. The van der Waals surface area contributed by atoms with E-state index in [-0.39, 0.29) is 0 Å². The molecule has 4 rings (SSSR count). The van der Waals surface area contributed by atoms with Crippen molar-refractivity contribution in [1.82, 2.24) is 25.2 Å². The Morgan fingerprint density at radius 2 is 2.04 bits per heavy atom. The SMILES string of the molecule is Cc1ccc(-c2nc(CSc3nnnn3-c3ccccc3C)cs2)o1. The van der Waals surface area contributed by atoms with Gasteiger partial charge in [-0.1, -0.05) is 30.0 Å². The normalized spacial score (nSPS) is 11.1. The maximum absolute atomic E-state index is 5.63. The molecule has 126 valence electrons. The minimum Gasteiger partial charge on any atom is -0.459 e. The molecule has 0 fully saturated rings. The maximum Gasteiger partial charge on any atom is 0.214 e. The van der Waals surface area contributed by atoms with Crippen LogP contribution in [0.25, 0.3) is 16.5 Å². The Bertz CT molecular complexity index is 1000. The predicted octanol–water partition coefficient (Wildman–Crippen LogP) is 4.29. The number of thiazole rings is 1. The van der Waals surface area contributed by atoms with Crippen LogP contribution in [-0.4, -0.2) is 25.2 Å². The van der Waals surface area contributed by atoms with Crippen LogP contribution in [0.15, 0.2) is 51.4 Å². The molecule has 0 aliphatic heterocycles. The van der Waals surface area contributed by atoms with Crippen LogP contribution in [0.5, 0.6) is 0 Å². The predicted molar refractivity (Wildman–Crippen MR) is 98.0 cm³/mol. The Hall–Kier alpha value is -2.45. The van der Waals surface area contributed by atoms with Gasteiger partial charge in [0.05, 0.1) is 11.4 Å². The van der Waals surface area contributed by atoms with Crippen molar-refractivity contribution < 1.29 is 4.42 Å².